The SMILES string of the molecule is CCOCCN1CC(C2CCCCC2)NCC1C(C)CC. The molecule has 1 N–H and O–H groups in total. The minimum absolute atomic E-state index is 0.690. The summed E-state index contributed by atoms with van der Waals surface area (Å²) >= 11 is 0. The molecule has 2 fully saturated rings. The second kappa shape index (κ2) is 9.12. The van der Waals surface area contributed by atoms with Gasteiger partial charge in [0.2, 0.25) is 0 Å². The summed E-state index contributed by atoms with van der Waals surface area (Å²) in [6.07, 6.45) is 8.47. The van der Waals surface area contributed by atoms with Crippen molar-refractivity contribution in [3.05, 3.63) is 0 Å². The van der Waals surface area contributed by atoms with Crippen LogP contribution in [0.15, 0.2) is 0 Å². The van der Waals surface area contributed by atoms with Crippen molar-refractivity contribution in [2.45, 2.75) is 71.4 Å². The van der Waals surface area contributed by atoms with Crippen LogP contribution >= 0.6 is 0 Å². The van der Waals surface area contributed by atoms with Crippen LogP contribution in [0.2, 0.25) is 0 Å². The van der Waals surface area contributed by atoms with E-state index in [1.807, 2.05) is 0 Å². The number of nitrogens with one attached hydrogen (secondary N) is 1. The standard InChI is InChI=1S/C18H36N2O/c1-4-15(3)18-13-19-17(16-9-7-6-8-10-16)14-20(18)11-12-21-5-2/h15-19H,4-14H2,1-3H3. The lowest BCUT2D eigenvalue weighted by Crippen LogP contribution is -2.61. The van der Waals surface area contributed by atoms with Crippen LogP contribution in [0.25, 0.3) is 0 Å². The van der Waals surface area contributed by atoms with Gasteiger partial charge in [-0.2, -0.15) is 0 Å². The van der Waals surface area contributed by atoms with Crippen molar-refractivity contribution in [1.29, 1.82) is 0 Å². The van der Waals surface area contributed by atoms with Crippen molar-refractivity contribution >= 4 is 0 Å². The lowest BCUT2D eigenvalue weighted by atomic mass is 9.82. The van der Waals surface area contributed by atoms with Gasteiger partial charge in [0, 0.05) is 38.3 Å². The van der Waals surface area contributed by atoms with Gasteiger partial charge in [-0.15, -0.1) is 0 Å². The van der Waals surface area contributed by atoms with E-state index in [1.165, 1.54) is 51.6 Å². The Labute approximate surface area is 131 Å². The Morgan fingerprint density at radius 2 is 1.95 bits per heavy atom. The van der Waals surface area contributed by atoms with Gasteiger partial charge in [-0.3, -0.25) is 4.90 Å². The van der Waals surface area contributed by atoms with Crippen molar-refractivity contribution in [3.8, 4) is 0 Å². The van der Waals surface area contributed by atoms with E-state index in [2.05, 4.69) is 31.0 Å². The maximum atomic E-state index is 5.62. The summed E-state index contributed by atoms with van der Waals surface area (Å²) in [6.45, 7) is 12.0. The van der Waals surface area contributed by atoms with Gasteiger partial charge in [-0.05, 0) is 31.6 Å². The van der Waals surface area contributed by atoms with Gasteiger partial charge in [0.15, 0.2) is 0 Å². The molecule has 3 nitrogen and oxygen atoms in total. The van der Waals surface area contributed by atoms with E-state index < -0.39 is 0 Å². The number of nitrogens with zero attached hydrogens (tertiary/aromatic N) is 1. The van der Waals surface area contributed by atoms with Gasteiger partial charge in [0.25, 0.3) is 0 Å². The molecule has 0 aromatic rings. The van der Waals surface area contributed by atoms with E-state index in [-0.39, 0.29) is 0 Å². The number of rotatable bonds is 7. The summed E-state index contributed by atoms with van der Waals surface area (Å²) in [5.41, 5.74) is 0. The van der Waals surface area contributed by atoms with Crippen molar-refractivity contribution in [3.63, 3.8) is 0 Å². The Balaban J connectivity index is 1.90. The largest absolute Gasteiger partial charge is 0.380 e. The Bertz CT molecular complexity index is 278. The molecule has 3 heteroatoms. The summed E-state index contributed by atoms with van der Waals surface area (Å²) in [6, 6.07) is 1.41. The van der Waals surface area contributed by atoms with Gasteiger partial charge >= 0.3 is 0 Å². The highest BCUT2D eigenvalue weighted by Gasteiger charge is 2.34. The summed E-state index contributed by atoms with van der Waals surface area (Å²) in [7, 11) is 0. The molecular weight excluding hydrogens is 260 g/mol. The van der Waals surface area contributed by atoms with Crippen LogP contribution in [0.1, 0.15) is 59.3 Å². The van der Waals surface area contributed by atoms with Crippen LogP contribution in [-0.2, 0) is 4.74 Å². The highest BCUT2D eigenvalue weighted by atomic mass is 16.5. The fourth-order valence-electron chi connectivity index (χ4n) is 4.12. The van der Waals surface area contributed by atoms with Crippen molar-refractivity contribution in [2.75, 3.05) is 32.8 Å². The number of ether oxygens (including phenoxy) is 1. The maximum absolute atomic E-state index is 5.62. The highest BCUT2D eigenvalue weighted by Crippen LogP contribution is 2.29. The molecule has 1 saturated carbocycles. The average molecular weight is 296 g/mol. The molecule has 0 amide bonds. The van der Waals surface area contributed by atoms with Gasteiger partial charge in [-0.1, -0.05) is 39.5 Å². The van der Waals surface area contributed by atoms with Crippen LogP contribution in [0.5, 0.6) is 0 Å². The van der Waals surface area contributed by atoms with Crippen molar-refractivity contribution < 1.29 is 4.74 Å². The van der Waals surface area contributed by atoms with Crippen molar-refractivity contribution in [1.82, 2.24) is 10.2 Å². The molecule has 3 unspecified atom stereocenters. The lowest BCUT2D eigenvalue weighted by molar-refractivity contribution is 0.0362. The van der Waals surface area contributed by atoms with E-state index >= 15 is 0 Å². The third kappa shape index (κ3) is 4.94. The molecule has 21 heavy (non-hydrogen) atoms. The minimum Gasteiger partial charge on any atom is -0.380 e. The van der Waals surface area contributed by atoms with Crippen LogP contribution in [0.3, 0.4) is 0 Å². The molecule has 0 bridgehead atoms. The van der Waals surface area contributed by atoms with Crippen LogP contribution < -0.4 is 5.32 Å². The molecule has 124 valence electrons. The molecule has 1 heterocycles. The fraction of sp³-hybridized carbons (Fsp3) is 1.00. The summed E-state index contributed by atoms with van der Waals surface area (Å²) in [5, 5.41) is 3.89. The molecule has 0 aromatic heterocycles. The fourth-order valence-corrected chi connectivity index (χ4v) is 4.12. The quantitative estimate of drug-likeness (QED) is 0.730. The monoisotopic (exact) mass is 296 g/mol. The molecule has 1 aliphatic carbocycles. The lowest BCUT2D eigenvalue weighted by Gasteiger charge is -2.46. The Kier molecular flexibility index (Phi) is 7.48. The third-order valence-corrected chi connectivity index (χ3v) is 5.74. The summed E-state index contributed by atoms with van der Waals surface area (Å²) in [5.74, 6) is 1.68. The maximum Gasteiger partial charge on any atom is 0.0593 e. The van der Waals surface area contributed by atoms with E-state index in [9.17, 15) is 0 Å². The predicted octanol–water partition coefficient (Wildman–Crippen LogP) is 3.29. The molecule has 0 radical (unpaired) electrons. The molecule has 3 atom stereocenters. The normalized spacial score (nSPS) is 30.4. The number of hydrogen-bond donors (Lipinski definition) is 1. The van der Waals surface area contributed by atoms with E-state index in [0.29, 0.717) is 12.1 Å². The Morgan fingerprint density at radius 1 is 1.19 bits per heavy atom. The second-order valence-electron chi connectivity index (χ2n) is 7.06. The minimum atomic E-state index is 0.690. The van der Waals surface area contributed by atoms with Crippen LogP contribution in [-0.4, -0.2) is 49.8 Å². The smallest absolute Gasteiger partial charge is 0.0593 e. The molecular formula is C18H36N2O. The average Bonchev–Trinajstić information content (AvgIpc) is 2.55. The zero-order valence-electron chi connectivity index (χ0n) is 14.4. The van der Waals surface area contributed by atoms with Gasteiger partial charge in [0.05, 0.1) is 6.61 Å². The zero-order valence-corrected chi connectivity index (χ0v) is 14.4. The Hall–Kier alpha value is -0.120. The van der Waals surface area contributed by atoms with E-state index in [0.717, 1.165) is 31.6 Å². The second-order valence-corrected chi connectivity index (χ2v) is 7.06. The molecule has 1 aliphatic heterocycles. The van der Waals surface area contributed by atoms with Gasteiger partial charge in [0.1, 0.15) is 0 Å². The van der Waals surface area contributed by atoms with E-state index in [4.69, 9.17) is 4.74 Å². The Morgan fingerprint density at radius 3 is 2.62 bits per heavy atom. The first-order chi connectivity index (χ1) is 10.3. The van der Waals surface area contributed by atoms with Gasteiger partial charge in [-0.25, -0.2) is 0 Å². The molecule has 0 aromatic carbocycles. The van der Waals surface area contributed by atoms with E-state index in [1.54, 1.807) is 0 Å². The van der Waals surface area contributed by atoms with Gasteiger partial charge < -0.3 is 10.1 Å². The molecule has 2 rings (SSSR count). The van der Waals surface area contributed by atoms with Crippen LogP contribution in [0.4, 0.5) is 0 Å². The highest BCUT2D eigenvalue weighted by molar-refractivity contribution is 4.92. The summed E-state index contributed by atoms with van der Waals surface area (Å²) in [4.78, 5) is 2.72. The molecule has 2 aliphatic rings. The topological polar surface area (TPSA) is 24.5 Å². The summed E-state index contributed by atoms with van der Waals surface area (Å²) < 4.78 is 5.62. The predicted molar refractivity (Wildman–Crippen MR) is 89.7 cm³/mol. The first-order valence-electron chi connectivity index (χ1n) is 9.31. The zero-order chi connectivity index (χ0) is 15.1. The third-order valence-electron chi connectivity index (χ3n) is 5.74. The first kappa shape index (κ1) is 17.2. The molecule has 1 saturated heterocycles. The van der Waals surface area contributed by atoms with Crippen molar-refractivity contribution in [2.24, 2.45) is 11.8 Å². The number of hydrogen-bond acceptors (Lipinski definition) is 3. The van der Waals surface area contributed by atoms with Crippen LogP contribution in [0, 0.1) is 11.8 Å². The first-order valence-corrected chi connectivity index (χ1v) is 9.31. The molecule has 0 spiro atoms. The number of piperazine rings is 1.